The largest absolute Gasteiger partial charge is 0.396 e. The number of rotatable bonds is 3. The molecule has 0 aliphatic heterocycles. The smallest absolute Gasteiger partial charge is 0.0738 e. The van der Waals surface area contributed by atoms with Crippen molar-refractivity contribution in [3.05, 3.63) is 15.9 Å². The van der Waals surface area contributed by atoms with E-state index in [0.717, 1.165) is 28.4 Å². The number of aromatic nitrogens is 2. The van der Waals surface area contributed by atoms with E-state index in [1.165, 1.54) is 25.0 Å². The zero-order valence-corrected chi connectivity index (χ0v) is 12.0. The Morgan fingerprint density at radius 1 is 1.47 bits per heavy atom. The summed E-state index contributed by atoms with van der Waals surface area (Å²) in [6.45, 7) is 2.34. The SMILES string of the molecule is Cc1nn(C)c(CC2(CO)CC3CC3C2)c1Br. The molecule has 2 fully saturated rings. The maximum atomic E-state index is 9.76. The number of aliphatic hydroxyl groups excluding tert-OH is 1. The van der Waals surface area contributed by atoms with Crippen LogP contribution in [-0.2, 0) is 13.5 Å². The minimum Gasteiger partial charge on any atom is -0.396 e. The van der Waals surface area contributed by atoms with Crippen LogP contribution in [0.25, 0.3) is 0 Å². The Hall–Kier alpha value is -0.350. The van der Waals surface area contributed by atoms with Crippen LogP contribution < -0.4 is 0 Å². The van der Waals surface area contributed by atoms with Gasteiger partial charge < -0.3 is 5.11 Å². The van der Waals surface area contributed by atoms with Gasteiger partial charge in [0.15, 0.2) is 0 Å². The molecule has 3 nitrogen and oxygen atoms in total. The average Bonchev–Trinajstić information content (AvgIpc) is 2.85. The molecule has 17 heavy (non-hydrogen) atoms. The topological polar surface area (TPSA) is 38.0 Å². The highest BCUT2D eigenvalue weighted by Crippen LogP contribution is 2.60. The lowest BCUT2D eigenvalue weighted by atomic mass is 9.79. The molecular weight excluding hydrogens is 280 g/mol. The van der Waals surface area contributed by atoms with E-state index in [4.69, 9.17) is 0 Å². The molecule has 1 heterocycles. The molecule has 1 N–H and O–H groups in total. The van der Waals surface area contributed by atoms with Crippen molar-refractivity contribution in [2.45, 2.75) is 32.6 Å². The molecule has 0 aromatic carbocycles. The Morgan fingerprint density at radius 2 is 2.12 bits per heavy atom. The summed E-state index contributed by atoms with van der Waals surface area (Å²) in [6, 6.07) is 0. The van der Waals surface area contributed by atoms with Crippen molar-refractivity contribution in [1.82, 2.24) is 9.78 Å². The molecule has 2 aliphatic carbocycles. The maximum Gasteiger partial charge on any atom is 0.0738 e. The van der Waals surface area contributed by atoms with Crippen molar-refractivity contribution in [3.63, 3.8) is 0 Å². The van der Waals surface area contributed by atoms with Crippen molar-refractivity contribution in [1.29, 1.82) is 0 Å². The molecule has 0 spiro atoms. The van der Waals surface area contributed by atoms with Gasteiger partial charge in [-0.2, -0.15) is 5.10 Å². The highest BCUT2D eigenvalue weighted by Gasteiger charge is 2.53. The predicted octanol–water partition coefficient (Wildman–Crippen LogP) is 2.44. The Bertz CT molecular complexity index is 445. The highest BCUT2D eigenvalue weighted by atomic mass is 79.9. The lowest BCUT2D eigenvalue weighted by Crippen LogP contribution is -2.27. The second kappa shape index (κ2) is 3.82. The summed E-state index contributed by atoms with van der Waals surface area (Å²) in [5.41, 5.74) is 2.40. The zero-order chi connectivity index (χ0) is 12.2. The number of hydrogen-bond donors (Lipinski definition) is 1. The lowest BCUT2D eigenvalue weighted by molar-refractivity contribution is 0.115. The molecule has 2 saturated carbocycles. The second-order valence-corrected chi connectivity index (χ2v) is 6.76. The van der Waals surface area contributed by atoms with E-state index in [1.54, 1.807) is 0 Å². The molecule has 0 bridgehead atoms. The first kappa shape index (κ1) is 11.7. The van der Waals surface area contributed by atoms with Crippen molar-refractivity contribution in [2.24, 2.45) is 24.3 Å². The molecule has 0 radical (unpaired) electrons. The van der Waals surface area contributed by atoms with Gasteiger partial charge in [0.05, 0.1) is 15.9 Å². The summed E-state index contributed by atoms with van der Waals surface area (Å²) in [7, 11) is 1.99. The van der Waals surface area contributed by atoms with Crippen molar-refractivity contribution >= 4 is 15.9 Å². The summed E-state index contributed by atoms with van der Waals surface area (Å²) in [5.74, 6) is 1.80. The third kappa shape index (κ3) is 1.85. The van der Waals surface area contributed by atoms with E-state index < -0.39 is 0 Å². The van der Waals surface area contributed by atoms with Gasteiger partial charge in [0, 0.05) is 13.7 Å². The van der Waals surface area contributed by atoms with Crippen LogP contribution in [0.15, 0.2) is 4.47 Å². The van der Waals surface area contributed by atoms with Crippen molar-refractivity contribution < 1.29 is 5.11 Å². The monoisotopic (exact) mass is 298 g/mol. The van der Waals surface area contributed by atoms with Crippen LogP contribution in [0.5, 0.6) is 0 Å². The predicted molar refractivity (Wildman–Crippen MR) is 69.7 cm³/mol. The zero-order valence-electron chi connectivity index (χ0n) is 10.4. The van der Waals surface area contributed by atoms with Crippen LogP contribution in [0, 0.1) is 24.2 Å². The summed E-state index contributed by atoms with van der Waals surface area (Å²) < 4.78 is 3.08. The van der Waals surface area contributed by atoms with Crippen molar-refractivity contribution in [2.75, 3.05) is 6.61 Å². The van der Waals surface area contributed by atoms with Gasteiger partial charge >= 0.3 is 0 Å². The molecule has 0 amide bonds. The Kier molecular flexibility index (Phi) is 2.63. The van der Waals surface area contributed by atoms with Gasteiger partial charge in [0.2, 0.25) is 0 Å². The average molecular weight is 299 g/mol. The number of halogens is 1. The van der Waals surface area contributed by atoms with Crippen LogP contribution >= 0.6 is 15.9 Å². The summed E-state index contributed by atoms with van der Waals surface area (Å²) in [4.78, 5) is 0. The minimum atomic E-state index is 0.121. The van der Waals surface area contributed by atoms with Gasteiger partial charge in [-0.1, -0.05) is 0 Å². The maximum absolute atomic E-state index is 9.76. The first-order chi connectivity index (χ1) is 8.04. The van der Waals surface area contributed by atoms with Gasteiger partial charge in [-0.15, -0.1) is 0 Å². The fourth-order valence-electron chi connectivity index (χ4n) is 3.56. The third-order valence-electron chi connectivity index (χ3n) is 4.60. The van der Waals surface area contributed by atoms with Crippen LogP contribution in [0.4, 0.5) is 0 Å². The molecule has 2 unspecified atom stereocenters. The fraction of sp³-hybridized carbons (Fsp3) is 0.769. The first-order valence-corrected chi connectivity index (χ1v) is 7.13. The summed E-state index contributed by atoms with van der Waals surface area (Å²) in [6.07, 6.45) is 4.75. The summed E-state index contributed by atoms with van der Waals surface area (Å²) in [5, 5.41) is 14.2. The van der Waals surface area contributed by atoms with E-state index in [-0.39, 0.29) is 5.41 Å². The first-order valence-electron chi connectivity index (χ1n) is 6.33. The number of aliphatic hydroxyl groups is 1. The lowest BCUT2D eigenvalue weighted by Gasteiger charge is -2.28. The van der Waals surface area contributed by atoms with E-state index in [2.05, 4.69) is 21.0 Å². The Labute approximate surface area is 110 Å². The van der Waals surface area contributed by atoms with Gasteiger partial charge in [0.1, 0.15) is 0 Å². The standard InChI is InChI=1S/C13H19BrN2O/c1-8-12(14)11(16(2)15-8)6-13(7-17)4-9-3-10(9)5-13/h9-10,17H,3-7H2,1-2H3. The number of hydrogen-bond acceptors (Lipinski definition) is 2. The summed E-state index contributed by atoms with van der Waals surface area (Å²) >= 11 is 3.62. The highest BCUT2D eigenvalue weighted by molar-refractivity contribution is 9.10. The van der Waals surface area contributed by atoms with Gasteiger partial charge in [-0.25, -0.2) is 0 Å². The molecule has 94 valence electrons. The van der Waals surface area contributed by atoms with Crippen LogP contribution in [0.2, 0.25) is 0 Å². The number of aryl methyl sites for hydroxylation is 2. The molecular formula is C13H19BrN2O. The Balaban J connectivity index is 1.85. The molecule has 1 aromatic rings. The molecule has 1 aromatic heterocycles. The van der Waals surface area contributed by atoms with Crippen LogP contribution in [-0.4, -0.2) is 21.5 Å². The number of nitrogens with zero attached hydrogens (tertiary/aromatic N) is 2. The molecule has 2 atom stereocenters. The van der Waals surface area contributed by atoms with Gasteiger partial charge in [-0.3, -0.25) is 4.68 Å². The molecule has 4 heteroatoms. The van der Waals surface area contributed by atoms with Crippen LogP contribution in [0.1, 0.15) is 30.7 Å². The van der Waals surface area contributed by atoms with Gasteiger partial charge in [0.25, 0.3) is 0 Å². The molecule has 0 saturated heterocycles. The third-order valence-corrected chi connectivity index (χ3v) is 5.63. The van der Waals surface area contributed by atoms with Crippen molar-refractivity contribution in [3.8, 4) is 0 Å². The van der Waals surface area contributed by atoms with E-state index >= 15 is 0 Å². The number of fused-ring (bicyclic) bond motifs is 1. The molecule has 3 rings (SSSR count). The fourth-order valence-corrected chi connectivity index (χ4v) is 4.04. The van der Waals surface area contributed by atoms with E-state index in [0.29, 0.717) is 6.61 Å². The van der Waals surface area contributed by atoms with E-state index in [1.807, 2.05) is 18.7 Å². The Morgan fingerprint density at radius 3 is 2.59 bits per heavy atom. The van der Waals surface area contributed by atoms with Gasteiger partial charge in [-0.05, 0) is 65.8 Å². The second-order valence-electron chi connectivity index (χ2n) is 5.97. The molecule has 2 aliphatic rings. The quantitative estimate of drug-likeness (QED) is 0.931. The minimum absolute atomic E-state index is 0.121. The van der Waals surface area contributed by atoms with E-state index in [9.17, 15) is 5.11 Å². The van der Waals surface area contributed by atoms with Crippen LogP contribution in [0.3, 0.4) is 0 Å². The normalized spacial score (nSPS) is 35.1.